The molecule has 10 nitrogen and oxygen atoms in total. The third-order valence-corrected chi connectivity index (χ3v) is 11.2. The number of anilines is 1. The molecule has 1 unspecified atom stereocenters. The Kier molecular flexibility index (Phi) is 13.8. The maximum atomic E-state index is 14.4. The molecule has 4 heterocycles. The average Bonchev–Trinajstić information content (AvgIpc) is 3.33. The molecule has 0 aliphatic rings. The predicted octanol–water partition coefficient (Wildman–Crippen LogP) is 11.0. The Balaban J connectivity index is 0.962. The van der Waals surface area contributed by atoms with Gasteiger partial charge in [-0.05, 0) is 97.6 Å². The SMILES string of the molecule is CCCC(=O)[N+](CCCCC(=O)N(Cc1cccnc1)c1ccc(OCc2ccc3ccccc3n2)cc1)(Cc1cccnc1)c1ccc(OCc2ccc3ccccc3n2)cc1. The number of nitrogens with zero attached hydrogens (tertiary/aromatic N) is 6. The third kappa shape index (κ3) is 10.8. The summed E-state index contributed by atoms with van der Waals surface area (Å²) in [5, 5.41) is 2.17. The molecule has 316 valence electrons. The number of para-hydroxylation sites is 2. The lowest BCUT2D eigenvalue weighted by Crippen LogP contribution is -2.54. The summed E-state index contributed by atoms with van der Waals surface area (Å²) < 4.78 is 12.4. The molecule has 1 atom stereocenters. The fraction of sp³-hybridized carbons (Fsp3) is 0.208. The molecule has 0 fully saturated rings. The van der Waals surface area contributed by atoms with Crippen molar-refractivity contribution in [2.75, 3.05) is 11.4 Å². The Morgan fingerprint density at radius 2 is 1.16 bits per heavy atom. The van der Waals surface area contributed by atoms with Crippen molar-refractivity contribution < 1.29 is 19.1 Å². The van der Waals surface area contributed by atoms with Gasteiger partial charge in [-0.15, -0.1) is 0 Å². The molecule has 0 spiro atoms. The van der Waals surface area contributed by atoms with Gasteiger partial charge in [0.1, 0.15) is 36.9 Å². The van der Waals surface area contributed by atoms with Gasteiger partial charge in [-0.2, -0.15) is 0 Å². The molecule has 0 saturated heterocycles. The van der Waals surface area contributed by atoms with Crippen molar-refractivity contribution in [1.82, 2.24) is 24.4 Å². The first-order valence-electron chi connectivity index (χ1n) is 21.6. The number of benzene rings is 4. The summed E-state index contributed by atoms with van der Waals surface area (Å²) in [4.78, 5) is 48.6. The largest absolute Gasteiger partial charge is 0.487 e. The number of carbonyl (C=O) groups is 2. The van der Waals surface area contributed by atoms with E-state index in [0.717, 1.165) is 62.1 Å². The van der Waals surface area contributed by atoms with Crippen molar-refractivity contribution >= 4 is 45.0 Å². The van der Waals surface area contributed by atoms with Gasteiger partial charge in [0.25, 0.3) is 0 Å². The number of ether oxygens (including phenoxy) is 2. The minimum Gasteiger partial charge on any atom is -0.487 e. The lowest BCUT2D eigenvalue weighted by atomic mass is 10.1. The van der Waals surface area contributed by atoms with Crippen LogP contribution in [0.1, 0.15) is 61.5 Å². The number of carbonyl (C=O) groups excluding carboxylic acids is 2. The average molecular weight is 836 g/mol. The van der Waals surface area contributed by atoms with Crippen LogP contribution >= 0.6 is 0 Å². The molecule has 0 aliphatic heterocycles. The smallest absolute Gasteiger partial charge is 0.318 e. The normalized spacial score (nSPS) is 12.1. The van der Waals surface area contributed by atoms with Crippen molar-refractivity contribution in [2.45, 2.75) is 65.3 Å². The Bertz CT molecular complexity index is 2750. The highest BCUT2D eigenvalue weighted by atomic mass is 16.5. The number of rotatable bonds is 19. The number of fused-ring (bicyclic) bond motifs is 2. The van der Waals surface area contributed by atoms with E-state index in [1.807, 2.05) is 147 Å². The van der Waals surface area contributed by atoms with E-state index < -0.39 is 0 Å². The van der Waals surface area contributed by atoms with Crippen molar-refractivity contribution in [2.24, 2.45) is 0 Å². The first-order valence-corrected chi connectivity index (χ1v) is 21.6. The third-order valence-electron chi connectivity index (χ3n) is 11.2. The molecule has 0 saturated carbocycles. The Labute approximate surface area is 368 Å². The summed E-state index contributed by atoms with van der Waals surface area (Å²) in [7, 11) is 0. The minimum atomic E-state index is -0.0134. The van der Waals surface area contributed by atoms with Gasteiger partial charge in [0.05, 0.1) is 41.9 Å². The summed E-state index contributed by atoms with van der Waals surface area (Å²) in [6, 6.07) is 47.4. The Morgan fingerprint density at radius 3 is 1.73 bits per heavy atom. The molecule has 8 rings (SSSR count). The van der Waals surface area contributed by atoms with Crippen LogP contribution in [0.15, 0.2) is 170 Å². The number of pyridine rings is 4. The highest BCUT2D eigenvalue weighted by Crippen LogP contribution is 2.32. The van der Waals surface area contributed by atoms with Gasteiger partial charge in [-0.25, -0.2) is 19.2 Å². The molecule has 0 aliphatic carbocycles. The van der Waals surface area contributed by atoms with Gasteiger partial charge in [0, 0.05) is 65.4 Å². The number of aromatic nitrogens is 4. The van der Waals surface area contributed by atoms with Gasteiger partial charge < -0.3 is 14.4 Å². The summed E-state index contributed by atoms with van der Waals surface area (Å²) in [6.45, 7) is 4.01. The number of hydrogen-bond acceptors (Lipinski definition) is 8. The number of quaternary nitrogens is 1. The fourth-order valence-corrected chi connectivity index (χ4v) is 7.92. The second-order valence-electron chi connectivity index (χ2n) is 15.7. The summed E-state index contributed by atoms with van der Waals surface area (Å²) in [5.41, 5.74) is 7.04. The summed E-state index contributed by atoms with van der Waals surface area (Å²) in [6.07, 6.45) is 9.77. The minimum absolute atomic E-state index is 0.0134. The molecule has 63 heavy (non-hydrogen) atoms. The summed E-state index contributed by atoms with van der Waals surface area (Å²) >= 11 is 0. The molecule has 8 aromatic rings. The van der Waals surface area contributed by atoms with E-state index in [9.17, 15) is 9.59 Å². The van der Waals surface area contributed by atoms with Crippen LogP contribution in [-0.2, 0) is 35.9 Å². The molecule has 10 heteroatoms. The molecule has 0 radical (unpaired) electrons. The van der Waals surface area contributed by atoms with Crippen LogP contribution in [0, 0.1) is 0 Å². The molecular weight excluding hydrogens is 785 g/mol. The van der Waals surface area contributed by atoms with Crippen molar-refractivity contribution in [3.05, 3.63) is 193 Å². The van der Waals surface area contributed by atoms with E-state index >= 15 is 0 Å². The predicted molar refractivity (Wildman–Crippen MR) is 249 cm³/mol. The molecule has 4 aromatic carbocycles. The van der Waals surface area contributed by atoms with Crippen molar-refractivity contribution in [1.29, 1.82) is 0 Å². The number of unbranched alkanes of at least 4 members (excludes halogenated alkanes) is 1. The monoisotopic (exact) mass is 835 g/mol. The van der Waals surface area contributed by atoms with Gasteiger partial charge in [-0.1, -0.05) is 67.6 Å². The van der Waals surface area contributed by atoms with E-state index in [2.05, 4.69) is 22.1 Å². The maximum absolute atomic E-state index is 14.4. The van der Waals surface area contributed by atoms with Crippen LogP contribution in [-0.4, -0.2) is 38.3 Å². The maximum Gasteiger partial charge on any atom is 0.318 e. The van der Waals surface area contributed by atoms with E-state index in [1.54, 1.807) is 23.5 Å². The molecule has 0 N–H and O–H groups in total. The fourth-order valence-electron chi connectivity index (χ4n) is 7.92. The molecular formula is C53H51N6O4+. The number of amides is 2. The van der Waals surface area contributed by atoms with Gasteiger partial charge >= 0.3 is 5.91 Å². The second kappa shape index (κ2) is 20.5. The first-order chi connectivity index (χ1) is 31.0. The van der Waals surface area contributed by atoms with Crippen molar-refractivity contribution in [3.63, 3.8) is 0 Å². The van der Waals surface area contributed by atoms with Crippen LogP contribution in [0.3, 0.4) is 0 Å². The first kappa shape index (κ1) is 42.4. The van der Waals surface area contributed by atoms with Crippen LogP contribution in [0.5, 0.6) is 11.5 Å². The zero-order valence-electron chi connectivity index (χ0n) is 35.6. The van der Waals surface area contributed by atoms with Gasteiger partial charge in [-0.3, -0.25) is 14.8 Å². The summed E-state index contributed by atoms with van der Waals surface area (Å²) in [5.74, 6) is 1.49. The Hall–Kier alpha value is -7.30. The van der Waals surface area contributed by atoms with Crippen LogP contribution in [0.4, 0.5) is 11.4 Å². The quantitative estimate of drug-likeness (QED) is 0.0585. The van der Waals surface area contributed by atoms with E-state index in [1.165, 1.54) is 0 Å². The van der Waals surface area contributed by atoms with E-state index in [4.69, 9.17) is 19.4 Å². The molecule has 0 bridgehead atoms. The highest BCUT2D eigenvalue weighted by molar-refractivity contribution is 5.93. The van der Waals surface area contributed by atoms with Gasteiger partial charge in [0.2, 0.25) is 5.91 Å². The zero-order valence-corrected chi connectivity index (χ0v) is 35.6. The van der Waals surface area contributed by atoms with Crippen LogP contribution in [0.25, 0.3) is 21.8 Å². The Morgan fingerprint density at radius 1 is 0.587 bits per heavy atom. The van der Waals surface area contributed by atoms with E-state index in [-0.39, 0.29) is 16.3 Å². The van der Waals surface area contributed by atoms with Crippen LogP contribution < -0.4 is 18.9 Å². The topological polar surface area (TPSA) is 107 Å². The molecule has 2 amide bonds. The molecule has 4 aromatic heterocycles. The standard InChI is InChI=1S/C53H51N6O4/c1-2-11-53(61)59(37-41-13-10-32-55-35-41,47-25-29-49(30-26-47)63-39-45-22-20-43-15-4-6-17-51(43)57-45)33-8-7-18-52(60)58(36-40-12-9-31-54-34-40)46-23-27-48(28-24-46)62-38-44-21-19-42-14-3-5-16-50(42)56-44/h3-6,9-10,12-17,19-32,34-35H,2,7-8,11,18,33,36-39H2,1H3/q+1. The lowest BCUT2D eigenvalue weighted by molar-refractivity contribution is -0.131. The van der Waals surface area contributed by atoms with Crippen LogP contribution in [0.2, 0.25) is 0 Å². The second-order valence-corrected chi connectivity index (χ2v) is 15.7. The zero-order chi connectivity index (χ0) is 43.3. The highest BCUT2D eigenvalue weighted by Gasteiger charge is 2.38. The number of hydrogen-bond donors (Lipinski definition) is 0. The van der Waals surface area contributed by atoms with Crippen molar-refractivity contribution in [3.8, 4) is 11.5 Å². The van der Waals surface area contributed by atoms with Gasteiger partial charge in [0.15, 0.2) is 0 Å². The lowest BCUT2D eigenvalue weighted by Gasteiger charge is -2.36. The van der Waals surface area contributed by atoms with E-state index in [0.29, 0.717) is 70.0 Å².